The van der Waals surface area contributed by atoms with Gasteiger partial charge in [-0.2, -0.15) is 5.10 Å². The largest absolute Gasteiger partial charge is 0.490 e. The van der Waals surface area contributed by atoms with E-state index in [4.69, 9.17) is 9.47 Å². The van der Waals surface area contributed by atoms with Crippen molar-refractivity contribution in [2.75, 3.05) is 11.9 Å². The van der Waals surface area contributed by atoms with Crippen LogP contribution >= 0.6 is 27.3 Å². The molecule has 0 unspecified atom stereocenters. The third kappa shape index (κ3) is 7.85. The van der Waals surface area contributed by atoms with Gasteiger partial charge in [0.1, 0.15) is 12.4 Å². The third-order valence-corrected chi connectivity index (χ3v) is 7.77. The number of anilines is 2. The van der Waals surface area contributed by atoms with Crippen LogP contribution in [0.4, 0.5) is 15.2 Å². The maximum atomic E-state index is 14.0. The number of benzene rings is 4. The average Bonchev–Trinajstić information content (AvgIpc) is 3.48. The zero-order valence-electron chi connectivity index (χ0n) is 23.4. The Morgan fingerprint density at radius 3 is 2.51 bits per heavy atom. The number of nitrogens with zero attached hydrogens (tertiary/aromatic N) is 2. The number of hydrazone groups is 1. The second-order valence-electron chi connectivity index (χ2n) is 9.44. The number of nitrogens with one attached hydrogen (secondary N) is 2. The molecular formula is C33H28BrFN4O3S. The highest BCUT2D eigenvalue weighted by Gasteiger charge is 2.13. The summed E-state index contributed by atoms with van der Waals surface area (Å²) in [5.74, 6) is 0.243. The van der Waals surface area contributed by atoms with Crippen LogP contribution in [0.5, 0.6) is 11.5 Å². The molecule has 10 heteroatoms. The molecule has 1 amide bonds. The number of hydrogen-bond donors (Lipinski definition) is 2. The molecule has 7 nitrogen and oxygen atoms in total. The zero-order chi connectivity index (χ0) is 30.2. The highest BCUT2D eigenvalue weighted by molar-refractivity contribution is 9.10. The Hall–Kier alpha value is -4.54. The summed E-state index contributed by atoms with van der Waals surface area (Å²) in [5, 5.41) is 10.2. The number of halogens is 2. The normalized spacial score (nSPS) is 11.0. The van der Waals surface area contributed by atoms with Crippen LogP contribution in [0.25, 0.3) is 11.3 Å². The minimum absolute atomic E-state index is 0.0510. The number of aromatic nitrogens is 1. The van der Waals surface area contributed by atoms with Crippen molar-refractivity contribution in [3.8, 4) is 22.8 Å². The summed E-state index contributed by atoms with van der Waals surface area (Å²) in [6, 6.07) is 25.2. The fourth-order valence-electron chi connectivity index (χ4n) is 4.04. The first-order valence-electron chi connectivity index (χ1n) is 13.4. The van der Waals surface area contributed by atoms with Crippen molar-refractivity contribution in [3.63, 3.8) is 0 Å². The first-order valence-corrected chi connectivity index (χ1v) is 15.1. The Morgan fingerprint density at radius 1 is 1.02 bits per heavy atom. The van der Waals surface area contributed by atoms with E-state index in [1.165, 1.54) is 29.2 Å². The van der Waals surface area contributed by atoms with Gasteiger partial charge in [-0.05, 0) is 72.2 Å². The number of hydrogen-bond acceptors (Lipinski definition) is 7. The number of carbonyl (C=O) groups excluding carboxylic acids is 1. The number of thiazole rings is 1. The SMILES string of the molecule is CCOc1cc(/C=N\NC(=O)c2ccc(-c3csc(Nc4ccc(C)cc4)n3)cc2)c(Br)cc1OCc1ccccc1F. The Bertz CT molecular complexity index is 1740. The monoisotopic (exact) mass is 658 g/mol. The van der Waals surface area contributed by atoms with Crippen molar-refractivity contribution < 1.29 is 18.7 Å². The summed E-state index contributed by atoms with van der Waals surface area (Å²) in [4.78, 5) is 17.4. The van der Waals surface area contributed by atoms with Crippen LogP contribution in [0.3, 0.4) is 0 Å². The Morgan fingerprint density at radius 2 is 1.77 bits per heavy atom. The lowest BCUT2D eigenvalue weighted by atomic mass is 10.1. The van der Waals surface area contributed by atoms with E-state index in [0.29, 0.717) is 39.3 Å². The summed E-state index contributed by atoms with van der Waals surface area (Å²) >= 11 is 5.03. The number of ether oxygens (including phenoxy) is 2. The van der Waals surface area contributed by atoms with Crippen molar-refractivity contribution in [2.45, 2.75) is 20.5 Å². The summed E-state index contributed by atoms with van der Waals surface area (Å²) in [6.07, 6.45) is 1.51. The summed E-state index contributed by atoms with van der Waals surface area (Å²) in [6.45, 7) is 4.37. The van der Waals surface area contributed by atoms with Gasteiger partial charge in [0.2, 0.25) is 0 Å². The van der Waals surface area contributed by atoms with Crippen LogP contribution in [0.1, 0.15) is 34.0 Å². The van der Waals surface area contributed by atoms with E-state index < -0.39 is 0 Å². The van der Waals surface area contributed by atoms with E-state index in [1.54, 1.807) is 42.5 Å². The summed E-state index contributed by atoms with van der Waals surface area (Å²) in [7, 11) is 0. The molecule has 5 rings (SSSR count). The van der Waals surface area contributed by atoms with Crippen LogP contribution in [0, 0.1) is 12.7 Å². The molecule has 0 saturated carbocycles. The van der Waals surface area contributed by atoms with Gasteiger partial charge in [-0.1, -0.05) is 48.0 Å². The molecule has 5 aromatic rings. The van der Waals surface area contributed by atoms with E-state index in [-0.39, 0.29) is 18.3 Å². The van der Waals surface area contributed by atoms with Gasteiger partial charge in [0, 0.05) is 37.8 Å². The highest BCUT2D eigenvalue weighted by atomic mass is 79.9. The first kappa shape index (κ1) is 29.9. The zero-order valence-corrected chi connectivity index (χ0v) is 25.8. The van der Waals surface area contributed by atoms with Crippen molar-refractivity contribution in [3.05, 3.63) is 123 Å². The predicted molar refractivity (Wildman–Crippen MR) is 173 cm³/mol. The molecule has 0 radical (unpaired) electrons. The minimum atomic E-state index is -0.353. The first-order chi connectivity index (χ1) is 20.9. The molecular weight excluding hydrogens is 631 g/mol. The van der Waals surface area contributed by atoms with Gasteiger partial charge in [-0.15, -0.1) is 11.3 Å². The second-order valence-corrected chi connectivity index (χ2v) is 11.2. The third-order valence-electron chi connectivity index (χ3n) is 6.32. The fourth-order valence-corrected chi connectivity index (χ4v) is 5.21. The highest BCUT2D eigenvalue weighted by Crippen LogP contribution is 2.34. The molecule has 218 valence electrons. The molecule has 0 aliphatic carbocycles. The number of rotatable bonds is 11. The summed E-state index contributed by atoms with van der Waals surface area (Å²) in [5.41, 5.74) is 8.01. The molecule has 1 heterocycles. The lowest BCUT2D eigenvalue weighted by Crippen LogP contribution is -2.17. The standard InChI is InChI=1S/C33H28BrFN4O3S/c1-3-41-30-16-25(27(34)17-31(30)42-19-24-6-4-5-7-28(24)35)18-36-39-32(40)23-12-10-22(11-13-23)29-20-43-33(38-29)37-26-14-8-21(2)9-15-26/h4-18,20H,3,19H2,1-2H3,(H,37,38)(H,39,40)/b36-18-. The van der Waals surface area contributed by atoms with Gasteiger partial charge in [-0.3, -0.25) is 4.79 Å². The molecule has 2 N–H and O–H groups in total. The lowest BCUT2D eigenvalue weighted by molar-refractivity contribution is 0.0955. The number of carbonyl (C=O) groups is 1. The van der Waals surface area contributed by atoms with Gasteiger partial charge in [0.05, 0.1) is 18.5 Å². The fraction of sp³-hybridized carbons (Fsp3) is 0.121. The average molecular weight is 660 g/mol. The van der Waals surface area contributed by atoms with Gasteiger partial charge >= 0.3 is 0 Å². The van der Waals surface area contributed by atoms with Crippen LogP contribution in [-0.4, -0.2) is 23.7 Å². The van der Waals surface area contributed by atoms with Crippen molar-refractivity contribution >= 4 is 50.2 Å². The van der Waals surface area contributed by atoms with Crippen LogP contribution in [0.15, 0.2) is 99.9 Å². The molecule has 1 aromatic heterocycles. The van der Waals surface area contributed by atoms with Crippen LogP contribution in [0.2, 0.25) is 0 Å². The molecule has 0 spiro atoms. The number of amides is 1. The number of aryl methyl sites for hydroxylation is 1. The Kier molecular flexibility index (Phi) is 9.81. The van der Waals surface area contributed by atoms with E-state index in [1.807, 2.05) is 55.6 Å². The van der Waals surface area contributed by atoms with E-state index in [2.05, 4.69) is 36.8 Å². The molecule has 0 aliphatic rings. The van der Waals surface area contributed by atoms with Gasteiger partial charge in [0.15, 0.2) is 16.6 Å². The molecule has 0 bridgehead atoms. The topological polar surface area (TPSA) is 84.8 Å². The van der Waals surface area contributed by atoms with Gasteiger partial charge in [0.25, 0.3) is 5.91 Å². The van der Waals surface area contributed by atoms with Crippen molar-refractivity contribution in [1.29, 1.82) is 0 Å². The molecule has 0 fully saturated rings. The Labute approximate surface area is 261 Å². The summed E-state index contributed by atoms with van der Waals surface area (Å²) < 4.78 is 26.3. The molecule has 43 heavy (non-hydrogen) atoms. The van der Waals surface area contributed by atoms with E-state index in [0.717, 1.165) is 22.1 Å². The van der Waals surface area contributed by atoms with Gasteiger partial charge in [-0.25, -0.2) is 14.8 Å². The minimum Gasteiger partial charge on any atom is -0.490 e. The predicted octanol–water partition coefficient (Wildman–Crippen LogP) is 8.51. The smallest absolute Gasteiger partial charge is 0.271 e. The van der Waals surface area contributed by atoms with E-state index >= 15 is 0 Å². The Balaban J connectivity index is 1.20. The van der Waals surface area contributed by atoms with Crippen molar-refractivity contribution in [2.24, 2.45) is 5.10 Å². The maximum absolute atomic E-state index is 14.0. The van der Waals surface area contributed by atoms with Gasteiger partial charge < -0.3 is 14.8 Å². The molecule has 0 aliphatic heterocycles. The van der Waals surface area contributed by atoms with Crippen molar-refractivity contribution in [1.82, 2.24) is 10.4 Å². The molecule has 0 atom stereocenters. The van der Waals surface area contributed by atoms with Crippen LogP contribution in [-0.2, 0) is 6.61 Å². The van der Waals surface area contributed by atoms with E-state index in [9.17, 15) is 9.18 Å². The van der Waals surface area contributed by atoms with Crippen LogP contribution < -0.4 is 20.2 Å². The quantitative estimate of drug-likeness (QED) is 0.110. The molecule has 4 aromatic carbocycles. The maximum Gasteiger partial charge on any atom is 0.271 e. The molecule has 0 saturated heterocycles. The lowest BCUT2D eigenvalue weighted by Gasteiger charge is -2.14. The second kappa shape index (κ2) is 14.1.